The third-order valence-electron chi connectivity index (χ3n) is 2.69. The lowest BCUT2D eigenvalue weighted by Gasteiger charge is -2.02. The fourth-order valence-electron chi connectivity index (χ4n) is 1.65. The number of rotatable bonds is 10. The highest BCUT2D eigenvalue weighted by Crippen LogP contribution is 2.12. The monoisotopic (exact) mass is 209 g/mol. The molecule has 0 saturated carbocycles. The Morgan fingerprint density at radius 3 is 2.00 bits per heavy atom. The Labute approximate surface area is 97.2 Å². The zero-order valence-corrected chi connectivity index (χ0v) is 11.0. The topological polar surface area (TPSA) is 0 Å². The molecule has 0 bridgehead atoms. The Bertz CT molecular complexity index is 133. The maximum absolute atomic E-state index is 2.37. The molecule has 0 saturated heterocycles. The van der Waals surface area contributed by atoms with Crippen molar-refractivity contribution in [3.05, 3.63) is 18.1 Å². The van der Waals surface area contributed by atoms with E-state index in [0.717, 1.165) is 0 Å². The van der Waals surface area contributed by atoms with Gasteiger partial charge >= 0.3 is 0 Å². The van der Waals surface area contributed by atoms with Crippen LogP contribution in [0.15, 0.2) is 12.2 Å². The van der Waals surface area contributed by atoms with E-state index < -0.39 is 0 Å². The van der Waals surface area contributed by atoms with Gasteiger partial charge in [0.05, 0.1) is 0 Å². The lowest BCUT2D eigenvalue weighted by molar-refractivity contribution is 0.624. The van der Waals surface area contributed by atoms with E-state index in [1.807, 2.05) is 0 Å². The molecule has 0 aliphatic carbocycles. The highest BCUT2D eigenvalue weighted by atomic mass is 14.0. The Kier molecular flexibility index (Phi) is 11.6. The summed E-state index contributed by atoms with van der Waals surface area (Å²) in [6.45, 7) is 6.72. The van der Waals surface area contributed by atoms with Crippen molar-refractivity contribution < 1.29 is 0 Å². The Hall–Kier alpha value is -0.260. The standard InChI is InChI=1S/C15H29/c1-4-5-6-7-8-9-10-11-12-13-14-15(2)3/h7-8H,4-6,9-14H2,1-3H3/b8-7+. The fraction of sp³-hybridized carbons (Fsp3) is 0.800. The molecule has 0 nitrogen and oxygen atoms in total. The highest BCUT2D eigenvalue weighted by Gasteiger charge is 1.93. The van der Waals surface area contributed by atoms with Crippen LogP contribution < -0.4 is 0 Å². The molecule has 0 amide bonds. The molecule has 0 N–H and O–H groups in total. The summed E-state index contributed by atoms with van der Waals surface area (Å²) in [5, 5.41) is 0. The maximum Gasteiger partial charge on any atom is -0.0303 e. The minimum atomic E-state index is 1.28. The summed E-state index contributed by atoms with van der Waals surface area (Å²) in [5.74, 6) is 1.58. The Balaban J connectivity index is 3.01. The highest BCUT2D eigenvalue weighted by molar-refractivity contribution is 4.81. The smallest absolute Gasteiger partial charge is 0.0303 e. The van der Waals surface area contributed by atoms with Crippen molar-refractivity contribution in [2.75, 3.05) is 0 Å². The second kappa shape index (κ2) is 11.8. The molecule has 0 aliphatic rings. The molecular weight excluding hydrogens is 180 g/mol. The van der Waals surface area contributed by atoms with Crippen LogP contribution in [0.2, 0.25) is 0 Å². The van der Waals surface area contributed by atoms with Gasteiger partial charge in [0.1, 0.15) is 0 Å². The van der Waals surface area contributed by atoms with E-state index in [1.54, 1.807) is 5.92 Å². The molecule has 0 heteroatoms. The maximum atomic E-state index is 2.37. The molecule has 1 radical (unpaired) electrons. The number of hydrogen-bond acceptors (Lipinski definition) is 0. The molecule has 0 fully saturated rings. The molecule has 0 heterocycles. The first-order chi connectivity index (χ1) is 7.27. The summed E-state index contributed by atoms with van der Waals surface area (Å²) in [6, 6.07) is 0. The molecule has 89 valence electrons. The molecule has 0 aromatic rings. The Morgan fingerprint density at radius 2 is 1.40 bits per heavy atom. The van der Waals surface area contributed by atoms with Crippen LogP contribution in [0.3, 0.4) is 0 Å². The number of hydrogen-bond donors (Lipinski definition) is 0. The quantitative estimate of drug-likeness (QED) is 0.320. The van der Waals surface area contributed by atoms with Gasteiger partial charge in [-0.1, -0.05) is 65.0 Å². The first-order valence-electron chi connectivity index (χ1n) is 6.71. The van der Waals surface area contributed by atoms with E-state index in [1.165, 1.54) is 57.8 Å². The van der Waals surface area contributed by atoms with Gasteiger partial charge in [0, 0.05) is 0 Å². The van der Waals surface area contributed by atoms with Gasteiger partial charge in [-0.05, 0) is 31.6 Å². The average molecular weight is 209 g/mol. The summed E-state index contributed by atoms with van der Waals surface area (Å²) in [7, 11) is 0. The predicted molar refractivity (Wildman–Crippen MR) is 71.0 cm³/mol. The first-order valence-corrected chi connectivity index (χ1v) is 6.71. The van der Waals surface area contributed by atoms with Gasteiger partial charge in [0.15, 0.2) is 0 Å². The van der Waals surface area contributed by atoms with Crippen LogP contribution in [0.5, 0.6) is 0 Å². The van der Waals surface area contributed by atoms with Crippen molar-refractivity contribution in [2.24, 2.45) is 0 Å². The van der Waals surface area contributed by atoms with Crippen molar-refractivity contribution >= 4 is 0 Å². The van der Waals surface area contributed by atoms with Gasteiger partial charge in [-0.2, -0.15) is 0 Å². The van der Waals surface area contributed by atoms with Crippen LogP contribution in [0, 0.1) is 5.92 Å². The van der Waals surface area contributed by atoms with Gasteiger partial charge in [0.25, 0.3) is 0 Å². The summed E-state index contributed by atoms with van der Waals surface area (Å²) in [4.78, 5) is 0. The number of unbranched alkanes of at least 4 members (excludes halogenated alkanes) is 6. The van der Waals surface area contributed by atoms with E-state index in [4.69, 9.17) is 0 Å². The van der Waals surface area contributed by atoms with Crippen LogP contribution in [-0.4, -0.2) is 0 Å². The molecule has 0 rings (SSSR count). The van der Waals surface area contributed by atoms with Crippen molar-refractivity contribution in [1.82, 2.24) is 0 Å². The second-order valence-electron chi connectivity index (χ2n) is 4.77. The zero-order chi connectivity index (χ0) is 11.4. The zero-order valence-electron chi connectivity index (χ0n) is 11.0. The minimum Gasteiger partial charge on any atom is -0.0885 e. The third kappa shape index (κ3) is 13.7. The molecular formula is C15H29. The molecule has 0 spiro atoms. The summed E-state index contributed by atoms with van der Waals surface area (Å²) in [6.07, 6.45) is 16.9. The summed E-state index contributed by atoms with van der Waals surface area (Å²) in [5.41, 5.74) is 0. The molecule has 0 aromatic heterocycles. The van der Waals surface area contributed by atoms with Crippen LogP contribution in [0.4, 0.5) is 0 Å². The van der Waals surface area contributed by atoms with Crippen molar-refractivity contribution in [3.8, 4) is 0 Å². The van der Waals surface area contributed by atoms with E-state index >= 15 is 0 Å². The van der Waals surface area contributed by atoms with E-state index in [-0.39, 0.29) is 0 Å². The minimum absolute atomic E-state index is 1.28. The van der Waals surface area contributed by atoms with Crippen LogP contribution >= 0.6 is 0 Å². The van der Waals surface area contributed by atoms with E-state index in [0.29, 0.717) is 0 Å². The van der Waals surface area contributed by atoms with Gasteiger partial charge in [-0.15, -0.1) is 0 Å². The van der Waals surface area contributed by atoms with Crippen LogP contribution in [0.25, 0.3) is 0 Å². The molecule has 15 heavy (non-hydrogen) atoms. The fourth-order valence-corrected chi connectivity index (χ4v) is 1.65. The predicted octanol–water partition coefficient (Wildman–Crippen LogP) is 5.69. The molecule has 0 unspecified atom stereocenters. The van der Waals surface area contributed by atoms with Crippen molar-refractivity contribution in [3.63, 3.8) is 0 Å². The average Bonchev–Trinajstić information content (AvgIpc) is 2.20. The molecule has 0 aromatic carbocycles. The normalized spacial score (nSPS) is 11.7. The van der Waals surface area contributed by atoms with Gasteiger partial charge in [-0.3, -0.25) is 0 Å². The van der Waals surface area contributed by atoms with Crippen molar-refractivity contribution in [2.45, 2.75) is 78.6 Å². The lowest BCUT2D eigenvalue weighted by Crippen LogP contribution is -1.84. The van der Waals surface area contributed by atoms with Gasteiger partial charge in [-0.25, -0.2) is 0 Å². The van der Waals surface area contributed by atoms with Gasteiger partial charge in [0.2, 0.25) is 0 Å². The lowest BCUT2D eigenvalue weighted by atomic mass is 10.0. The van der Waals surface area contributed by atoms with Gasteiger partial charge < -0.3 is 0 Å². The molecule has 0 aliphatic heterocycles. The van der Waals surface area contributed by atoms with E-state index in [2.05, 4.69) is 32.9 Å². The summed E-state index contributed by atoms with van der Waals surface area (Å²) >= 11 is 0. The molecule has 0 atom stereocenters. The number of allylic oxidation sites excluding steroid dienone is 2. The first kappa shape index (κ1) is 14.7. The van der Waals surface area contributed by atoms with Crippen LogP contribution in [-0.2, 0) is 0 Å². The van der Waals surface area contributed by atoms with Crippen LogP contribution in [0.1, 0.15) is 78.6 Å². The summed E-state index contributed by atoms with van der Waals surface area (Å²) < 4.78 is 0. The van der Waals surface area contributed by atoms with E-state index in [9.17, 15) is 0 Å². The third-order valence-corrected chi connectivity index (χ3v) is 2.69. The Morgan fingerprint density at radius 1 is 0.800 bits per heavy atom. The van der Waals surface area contributed by atoms with Crippen molar-refractivity contribution in [1.29, 1.82) is 0 Å². The second-order valence-corrected chi connectivity index (χ2v) is 4.77. The SMILES string of the molecule is CCCC/C=C/CCCCCC[C](C)C. The largest absolute Gasteiger partial charge is 0.0885 e.